The number of hydrogen-bond acceptors (Lipinski definition) is 4. The molecule has 1 rings (SSSR count). The van der Waals surface area contributed by atoms with Crippen LogP contribution in [0.2, 0.25) is 0 Å². The van der Waals surface area contributed by atoms with E-state index in [1.54, 1.807) is 32.3 Å². The van der Waals surface area contributed by atoms with Crippen molar-refractivity contribution in [2.75, 3.05) is 12.4 Å². The Bertz CT molecular complexity index is 275. The van der Waals surface area contributed by atoms with Gasteiger partial charge >= 0.3 is 0 Å². The fourth-order valence-electron chi connectivity index (χ4n) is 0.882. The zero-order valence-corrected chi connectivity index (χ0v) is 7.61. The predicted molar refractivity (Wildman–Crippen MR) is 49.2 cm³/mol. The molecular weight excluding hydrogens is 168 g/mol. The zero-order valence-electron chi connectivity index (χ0n) is 7.61. The Morgan fingerprint density at radius 3 is 2.92 bits per heavy atom. The smallest absolute Gasteiger partial charge is 0.241 e. The molecule has 0 aromatic carbocycles. The van der Waals surface area contributed by atoms with Crippen molar-refractivity contribution >= 4 is 11.7 Å². The molecule has 0 saturated heterocycles. The number of nitrogens with zero attached hydrogens (tertiary/aromatic N) is 2. The highest BCUT2D eigenvalue weighted by Crippen LogP contribution is 2.00. The largest absolute Gasteiger partial charge is 0.357 e. The van der Waals surface area contributed by atoms with Crippen molar-refractivity contribution in [2.24, 2.45) is 0 Å². The van der Waals surface area contributed by atoms with Crippen LogP contribution in [-0.4, -0.2) is 29.2 Å². The lowest BCUT2D eigenvalue weighted by molar-refractivity contribution is -0.121. The van der Waals surface area contributed by atoms with E-state index >= 15 is 0 Å². The fourth-order valence-corrected chi connectivity index (χ4v) is 0.882. The van der Waals surface area contributed by atoms with Crippen LogP contribution >= 0.6 is 0 Å². The van der Waals surface area contributed by atoms with E-state index in [-0.39, 0.29) is 11.9 Å². The summed E-state index contributed by atoms with van der Waals surface area (Å²) in [6, 6.07) is 3.21. The minimum atomic E-state index is -0.304. The number of rotatable bonds is 3. The summed E-state index contributed by atoms with van der Waals surface area (Å²) in [5.41, 5.74) is 0. The minimum Gasteiger partial charge on any atom is -0.357 e. The van der Waals surface area contributed by atoms with Gasteiger partial charge in [0.05, 0.1) is 0 Å². The Kier molecular flexibility index (Phi) is 3.19. The number of aromatic nitrogens is 2. The molecule has 0 spiro atoms. The maximum Gasteiger partial charge on any atom is 0.241 e. The second-order valence-corrected chi connectivity index (χ2v) is 2.59. The van der Waals surface area contributed by atoms with Gasteiger partial charge in [-0.2, -0.15) is 5.10 Å². The van der Waals surface area contributed by atoms with E-state index in [1.807, 2.05) is 0 Å². The maximum absolute atomic E-state index is 11.1. The van der Waals surface area contributed by atoms with Gasteiger partial charge in [-0.25, -0.2) is 0 Å². The number of amides is 1. The Balaban J connectivity index is 2.55. The third kappa shape index (κ3) is 2.70. The molecule has 1 heterocycles. The molecule has 1 amide bonds. The monoisotopic (exact) mass is 180 g/mol. The zero-order chi connectivity index (χ0) is 9.68. The highest BCUT2D eigenvalue weighted by molar-refractivity contribution is 5.83. The van der Waals surface area contributed by atoms with E-state index in [0.717, 1.165) is 0 Å². The Morgan fingerprint density at radius 2 is 2.38 bits per heavy atom. The van der Waals surface area contributed by atoms with Crippen LogP contribution in [0.3, 0.4) is 0 Å². The number of likely N-dealkylation sites (N-methyl/N-ethyl adjacent to an activating group) is 1. The molecule has 5 heteroatoms. The molecule has 0 saturated carbocycles. The molecule has 5 nitrogen and oxygen atoms in total. The van der Waals surface area contributed by atoms with Crippen LogP contribution in [-0.2, 0) is 4.79 Å². The van der Waals surface area contributed by atoms with Gasteiger partial charge in [0.15, 0.2) is 0 Å². The second-order valence-electron chi connectivity index (χ2n) is 2.59. The van der Waals surface area contributed by atoms with Crippen LogP contribution in [0.1, 0.15) is 6.92 Å². The van der Waals surface area contributed by atoms with Gasteiger partial charge in [-0.15, -0.1) is 5.10 Å². The normalized spacial score (nSPS) is 11.8. The summed E-state index contributed by atoms with van der Waals surface area (Å²) in [6.07, 6.45) is 1.58. The average Bonchev–Trinajstić information content (AvgIpc) is 2.18. The van der Waals surface area contributed by atoms with Crippen LogP contribution in [0.25, 0.3) is 0 Å². The number of carbonyl (C=O) groups is 1. The summed E-state index contributed by atoms with van der Waals surface area (Å²) in [5.74, 6) is 0.518. The first kappa shape index (κ1) is 9.44. The summed E-state index contributed by atoms with van der Waals surface area (Å²) in [6.45, 7) is 1.76. The quantitative estimate of drug-likeness (QED) is 0.688. The van der Waals surface area contributed by atoms with E-state index in [0.29, 0.717) is 5.82 Å². The molecule has 0 aliphatic rings. The topological polar surface area (TPSA) is 66.9 Å². The first-order chi connectivity index (χ1) is 6.24. The highest BCUT2D eigenvalue weighted by Gasteiger charge is 2.10. The lowest BCUT2D eigenvalue weighted by Crippen LogP contribution is -2.35. The molecular formula is C8H12N4O. The molecule has 2 N–H and O–H groups in total. The van der Waals surface area contributed by atoms with Gasteiger partial charge < -0.3 is 10.6 Å². The summed E-state index contributed by atoms with van der Waals surface area (Å²) in [7, 11) is 1.59. The van der Waals surface area contributed by atoms with Gasteiger partial charge in [0.2, 0.25) is 5.91 Å². The number of nitrogens with one attached hydrogen (secondary N) is 2. The molecule has 1 aromatic rings. The van der Waals surface area contributed by atoms with Crippen LogP contribution < -0.4 is 10.6 Å². The average molecular weight is 180 g/mol. The Labute approximate surface area is 76.6 Å². The van der Waals surface area contributed by atoms with E-state index < -0.39 is 0 Å². The van der Waals surface area contributed by atoms with Crippen molar-refractivity contribution < 1.29 is 4.79 Å². The van der Waals surface area contributed by atoms with Crippen molar-refractivity contribution in [1.82, 2.24) is 15.5 Å². The number of carbonyl (C=O) groups excluding carboxylic acids is 1. The SMILES string of the molecule is CNC(=O)[C@H](C)Nc1cccnn1. The van der Waals surface area contributed by atoms with E-state index in [2.05, 4.69) is 20.8 Å². The molecule has 1 aromatic heterocycles. The minimum absolute atomic E-state index is 0.0781. The molecule has 1 atom stereocenters. The Morgan fingerprint density at radius 1 is 1.62 bits per heavy atom. The third-order valence-electron chi connectivity index (χ3n) is 1.58. The second kappa shape index (κ2) is 4.39. The van der Waals surface area contributed by atoms with Crippen molar-refractivity contribution in [3.63, 3.8) is 0 Å². The third-order valence-corrected chi connectivity index (χ3v) is 1.58. The van der Waals surface area contributed by atoms with Gasteiger partial charge in [0, 0.05) is 13.2 Å². The summed E-state index contributed by atoms with van der Waals surface area (Å²) in [4.78, 5) is 11.1. The van der Waals surface area contributed by atoms with Gasteiger partial charge in [0.25, 0.3) is 0 Å². The first-order valence-corrected chi connectivity index (χ1v) is 4.00. The molecule has 70 valence electrons. The molecule has 0 fully saturated rings. The maximum atomic E-state index is 11.1. The molecule has 13 heavy (non-hydrogen) atoms. The standard InChI is InChI=1S/C8H12N4O/c1-6(8(13)9-2)11-7-4-3-5-10-12-7/h3-6H,1-2H3,(H,9,13)(H,11,12)/t6-/m0/s1. The lowest BCUT2D eigenvalue weighted by Gasteiger charge is -2.11. The van der Waals surface area contributed by atoms with Gasteiger partial charge in [-0.3, -0.25) is 4.79 Å². The number of hydrogen-bond donors (Lipinski definition) is 2. The number of anilines is 1. The van der Waals surface area contributed by atoms with Gasteiger partial charge in [-0.05, 0) is 19.1 Å². The van der Waals surface area contributed by atoms with Crippen molar-refractivity contribution in [1.29, 1.82) is 0 Å². The van der Waals surface area contributed by atoms with E-state index in [4.69, 9.17) is 0 Å². The summed E-state index contributed by atoms with van der Waals surface area (Å²) < 4.78 is 0. The lowest BCUT2D eigenvalue weighted by atomic mass is 10.3. The highest BCUT2D eigenvalue weighted by atomic mass is 16.2. The van der Waals surface area contributed by atoms with Gasteiger partial charge in [0.1, 0.15) is 11.9 Å². The van der Waals surface area contributed by atoms with Crippen molar-refractivity contribution in [2.45, 2.75) is 13.0 Å². The van der Waals surface area contributed by atoms with Crippen LogP contribution in [0.4, 0.5) is 5.82 Å². The molecule has 0 unspecified atom stereocenters. The van der Waals surface area contributed by atoms with Crippen LogP contribution in [0.5, 0.6) is 0 Å². The van der Waals surface area contributed by atoms with Crippen molar-refractivity contribution in [3.05, 3.63) is 18.3 Å². The molecule has 0 radical (unpaired) electrons. The first-order valence-electron chi connectivity index (χ1n) is 4.00. The van der Waals surface area contributed by atoms with E-state index in [9.17, 15) is 4.79 Å². The summed E-state index contributed by atoms with van der Waals surface area (Å²) >= 11 is 0. The summed E-state index contributed by atoms with van der Waals surface area (Å²) in [5, 5.41) is 12.9. The molecule has 0 bridgehead atoms. The predicted octanol–water partition coefficient (Wildman–Crippen LogP) is 0.0230. The molecule has 0 aliphatic carbocycles. The fraction of sp³-hybridized carbons (Fsp3) is 0.375. The molecule has 0 aliphatic heterocycles. The van der Waals surface area contributed by atoms with Crippen molar-refractivity contribution in [3.8, 4) is 0 Å². The van der Waals surface area contributed by atoms with E-state index in [1.165, 1.54) is 0 Å². The van der Waals surface area contributed by atoms with Crippen LogP contribution in [0.15, 0.2) is 18.3 Å². The Hall–Kier alpha value is -1.65. The van der Waals surface area contributed by atoms with Crippen LogP contribution in [0, 0.1) is 0 Å². The van der Waals surface area contributed by atoms with Gasteiger partial charge in [-0.1, -0.05) is 0 Å².